The number of hydrogen-bond acceptors (Lipinski definition) is 5. The summed E-state index contributed by atoms with van der Waals surface area (Å²) in [5, 5.41) is 1.42. The Morgan fingerprint density at radius 2 is 2.40 bits per heavy atom. The van der Waals surface area contributed by atoms with Gasteiger partial charge in [0.05, 0.1) is 18.4 Å². The first kappa shape index (κ1) is 13.8. The standard InChI is InChI=1S/C14H15ClN2O2S/c1-2-19-10(18)6-8-4-3-5-9-11(8)12-13(15)16-7-17-14(12)20-9/h7-8H,2-6H2,1H3/t8-/m0/s1. The van der Waals surface area contributed by atoms with E-state index < -0.39 is 0 Å². The third-order valence-electron chi connectivity index (χ3n) is 3.64. The maximum absolute atomic E-state index is 11.8. The lowest BCUT2D eigenvalue weighted by molar-refractivity contribution is -0.143. The molecule has 2 aromatic heterocycles. The highest BCUT2D eigenvalue weighted by atomic mass is 35.5. The predicted octanol–water partition coefficient (Wildman–Crippen LogP) is 3.72. The normalized spacial score (nSPS) is 18.0. The summed E-state index contributed by atoms with van der Waals surface area (Å²) in [6.45, 7) is 2.25. The van der Waals surface area contributed by atoms with E-state index in [2.05, 4.69) is 9.97 Å². The summed E-state index contributed by atoms with van der Waals surface area (Å²) in [6, 6.07) is 0. The second kappa shape index (κ2) is 5.66. The van der Waals surface area contributed by atoms with E-state index in [-0.39, 0.29) is 11.9 Å². The molecule has 106 valence electrons. The molecule has 2 heterocycles. The minimum absolute atomic E-state index is 0.141. The Morgan fingerprint density at radius 3 is 3.20 bits per heavy atom. The van der Waals surface area contributed by atoms with Gasteiger partial charge >= 0.3 is 5.97 Å². The van der Waals surface area contributed by atoms with Crippen LogP contribution in [0.5, 0.6) is 0 Å². The minimum Gasteiger partial charge on any atom is -0.466 e. The van der Waals surface area contributed by atoms with E-state index in [0.29, 0.717) is 18.2 Å². The number of fused-ring (bicyclic) bond motifs is 3. The second-order valence-electron chi connectivity index (χ2n) is 4.88. The van der Waals surface area contributed by atoms with E-state index in [1.807, 2.05) is 6.92 Å². The fraction of sp³-hybridized carbons (Fsp3) is 0.500. The van der Waals surface area contributed by atoms with Crippen molar-refractivity contribution >= 4 is 39.1 Å². The van der Waals surface area contributed by atoms with Crippen molar-refractivity contribution in [3.05, 3.63) is 21.9 Å². The van der Waals surface area contributed by atoms with Gasteiger partial charge in [-0.3, -0.25) is 4.79 Å². The third-order valence-corrected chi connectivity index (χ3v) is 5.10. The van der Waals surface area contributed by atoms with Crippen molar-refractivity contribution in [1.82, 2.24) is 9.97 Å². The molecule has 1 aliphatic rings. The maximum atomic E-state index is 11.8. The zero-order valence-corrected chi connectivity index (χ0v) is 12.8. The molecule has 3 rings (SSSR count). The molecule has 0 fully saturated rings. The number of esters is 1. The molecule has 6 heteroatoms. The predicted molar refractivity (Wildman–Crippen MR) is 79.4 cm³/mol. The van der Waals surface area contributed by atoms with Gasteiger partial charge in [0.2, 0.25) is 0 Å². The third kappa shape index (κ3) is 2.40. The molecule has 0 unspecified atom stereocenters. The van der Waals surface area contributed by atoms with Crippen LogP contribution in [-0.2, 0) is 16.0 Å². The largest absolute Gasteiger partial charge is 0.466 e. The van der Waals surface area contributed by atoms with Crippen molar-refractivity contribution in [2.24, 2.45) is 0 Å². The SMILES string of the molecule is CCOC(=O)C[C@@H]1CCCc2sc3ncnc(Cl)c3c21. The van der Waals surface area contributed by atoms with E-state index in [1.165, 1.54) is 16.8 Å². The van der Waals surface area contributed by atoms with Gasteiger partial charge < -0.3 is 4.74 Å². The van der Waals surface area contributed by atoms with Crippen molar-refractivity contribution in [2.75, 3.05) is 6.61 Å². The van der Waals surface area contributed by atoms with E-state index in [9.17, 15) is 4.79 Å². The number of aromatic nitrogens is 2. The van der Waals surface area contributed by atoms with Crippen molar-refractivity contribution in [2.45, 2.75) is 38.5 Å². The van der Waals surface area contributed by atoms with Crippen LogP contribution in [0.15, 0.2) is 6.33 Å². The summed E-state index contributed by atoms with van der Waals surface area (Å²) >= 11 is 7.91. The fourth-order valence-electron chi connectivity index (χ4n) is 2.86. The molecule has 2 aromatic rings. The zero-order valence-electron chi connectivity index (χ0n) is 11.2. The highest BCUT2D eigenvalue weighted by molar-refractivity contribution is 7.19. The van der Waals surface area contributed by atoms with Gasteiger partial charge in [-0.1, -0.05) is 11.6 Å². The van der Waals surface area contributed by atoms with Gasteiger partial charge in [-0.2, -0.15) is 0 Å². The van der Waals surface area contributed by atoms with Crippen LogP contribution in [0.3, 0.4) is 0 Å². The summed E-state index contributed by atoms with van der Waals surface area (Å²) in [7, 11) is 0. The summed E-state index contributed by atoms with van der Waals surface area (Å²) in [4.78, 5) is 22.4. The molecule has 20 heavy (non-hydrogen) atoms. The zero-order chi connectivity index (χ0) is 14.1. The summed E-state index contributed by atoms with van der Waals surface area (Å²) in [5.74, 6) is 0.0349. The number of hydrogen-bond donors (Lipinski definition) is 0. The number of ether oxygens (including phenoxy) is 1. The van der Waals surface area contributed by atoms with Gasteiger partial charge in [0.1, 0.15) is 16.3 Å². The Morgan fingerprint density at radius 1 is 1.55 bits per heavy atom. The van der Waals surface area contributed by atoms with E-state index in [0.717, 1.165) is 29.5 Å². The number of nitrogens with zero attached hydrogens (tertiary/aromatic N) is 2. The van der Waals surface area contributed by atoms with Crippen LogP contribution in [-0.4, -0.2) is 22.5 Å². The number of carbonyl (C=O) groups excluding carboxylic acids is 1. The molecule has 4 nitrogen and oxygen atoms in total. The number of halogens is 1. The Labute approximate surface area is 126 Å². The molecule has 0 saturated heterocycles. The number of aryl methyl sites for hydroxylation is 1. The van der Waals surface area contributed by atoms with Crippen LogP contribution < -0.4 is 0 Å². The number of carbonyl (C=O) groups is 1. The first-order valence-electron chi connectivity index (χ1n) is 6.78. The Hall–Kier alpha value is -1.20. The van der Waals surface area contributed by atoms with E-state index in [1.54, 1.807) is 11.3 Å². The van der Waals surface area contributed by atoms with Crippen LogP contribution >= 0.6 is 22.9 Å². The summed E-state index contributed by atoms with van der Waals surface area (Å²) in [5.41, 5.74) is 1.18. The van der Waals surface area contributed by atoms with Crippen molar-refractivity contribution < 1.29 is 9.53 Å². The van der Waals surface area contributed by atoms with Gasteiger partial charge in [0.15, 0.2) is 0 Å². The van der Waals surface area contributed by atoms with Crippen LogP contribution in [0.2, 0.25) is 5.15 Å². The average Bonchev–Trinajstić information content (AvgIpc) is 2.79. The first-order chi connectivity index (χ1) is 9.70. The number of rotatable bonds is 3. The van der Waals surface area contributed by atoms with E-state index in [4.69, 9.17) is 16.3 Å². The Kier molecular flexibility index (Phi) is 3.89. The molecule has 1 aliphatic carbocycles. The molecular formula is C14H15ClN2O2S. The minimum atomic E-state index is -0.141. The second-order valence-corrected chi connectivity index (χ2v) is 6.32. The molecule has 0 saturated carbocycles. The van der Waals surface area contributed by atoms with Crippen molar-refractivity contribution in [1.29, 1.82) is 0 Å². The van der Waals surface area contributed by atoms with Gasteiger partial charge in [-0.05, 0) is 37.7 Å². The average molecular weight is 311 g/mol. The molecule has 0 bridgehead atoms. The fourth-order valence-corrected chi connectivity index (χ4v) is 4.42. The van der Waals surface area contributed by atoms with Gasteiger partial charge in [0.25, 0.3) is 0 Å². The molecule has 0 radical (unpaired) electrons. The van der Waals surface area contributed by atoms with Crippen LogP contribution in [0.4, 0.5) is 0 Å². The lowest BCUT2D eigenvalue weighted by Gasteiger charge is -2.22. The Bertz CT molecular complexity index is 656. The van der Waals surface area contributed by atoms with Crippen LogP contribution in [0.25, 0.3) is 10.2 Å². The molecule has 0 aromatic carbocycles. The van der Waals surface area contributed by atoms with Gasteiger partial charge in [-0.25, -0.2) is 9.97 Å². The smallest absolute Gasteiger partial charge is 0.306 e. The lowest BCUT2D eigenvalue weighted by atomic mass is 9.84. The summed E-state index contributed by atoms with van der Waals surface area (Å²) in [6.07, 6.45) is 5.02. The molecule has 0 N–H and O–H groups in total. The van der Waals surface area contributed by atoms with E-state index >= 15 is 0 Å². The quantitative estimate of drug-likeness (QED) is 0.640. The maximum Gasteiger partial charge on any atom is 0.306 e. The topological polar surface area (TPSA) is 52.1 Å². The molecule has 1 atom stereocenters. The van der Waals surface area contributed by atoms with Crippen LogP contribution in [0, 0.1) is 0 Å². The number of thiophene rings is 1. The molecule has 0 aliphatic heterocycles. The molecule has 0 amide bonds. The molecule has 0 spiro atoms. The highest BCUT2D eigenvalue weighted by Gasteiger charge is 2.29. The van der Waals surface area contributed by atoms with Gasteiger partial charge in [0, 0.05) is 4.88 Å². The Balaban J connectivity index is 2.02. The first-order valence-corrected chi connectivity index (χ1v) is 7.97. The van der Waals surface area contributed by atoms with Gasteiger partial charge in [-0.15, -0.1) is 11.3 Å². The monoisotopic (exact) mass is 310 g/mol. The van der Waals surface area contributed by atoms with Crippen molar-refractivity contribution in [3.8, 4) is 0 Å². The lowest BCUT2D eigenvalue weighted by Crippen LogP contribution is -2.14. The molecular weight excluding hydrogens is 296 g/mol. The highest BCUT2D eigenvalue weighted by Crippen LogP contribution is 2.44. The van der Waals surface area contributed by atoms with Crippen molar-refractivity contribution in [3.63, 3.8) is 0 Å². The summed E-state index contributed by atoms with van der Waals surface area (Å²) < 4.78 is 5.08. The van der Waals surface area contributed by atoms with Crippen LogP contribution in [0.1, 0.15) is 42.5 Å².